The van der Waals surface area contributed by atoms with Crippen LogP contribution < -0.4 is 0 Å². The van der Waals surface area contributed by atoms with Gasteiger partial charge in [0.25, 0.3) is 0 Å². The fraction of sp³-hybridized carbons (Fsp3) is 0.286. The molecule has 0 fully saturated rings. The summed E-state index contributed by atoms with van der Waals surface area (Å²) in [5, 5.41) is 12.0. The molecule has 56 valence electrons. The molecule has 0 saturated carbocycles. The third kappa shape index (κ3) is 1.44. The Labute approximate surface area is 64.1 Å². The number of nitrogens with zero attached hydrogens (tertiary/aromatic N) is 3. The van der Waals surface area contributed by atoms with Crippen LogP contribution in [0, 0.1) is 11.3 Å². The number of Topliss-reactive ketones (excluding diaryl/α,β-unsaturated/α-hetero) is 1. The van der Waals surface area contributed by atoms with Crippen molar-refractivity contribution in [1.29, 1.82) is 5.26 Å². The number of carbonyl (C=O) groups is 1. The molecule has 0 aromatic carbocycles. The molecule has 0 spiro atoms. The normalized spacial score (nSPS) is 9.09. The number of hydrogen-bond donors (Lipinski definition) is 0. The first-order valence-corrected chi connectivity index (χ1v) is 3.14. The second-order valence-electron chi connectivity index (χ2n) is 2.10. The highest BCUT2D eigenvalue weighted by molar-refractivity contribution is 5.95. The first-order valence-electron chi connectivity index (χ1n) is 3.14. The van der Waals surface area contributed by atoms with Crippen LogP contribution in [-0.4, -0.2) is 15.6 Å². The lowest BCUT2D eigenvalue weighted by molar-refractivity contribution is 0.0989. The molecule has 0 bridgehead atoms. The first-order chi connectivity index (χ1) is 5.25. The summed E-state index contributed by atoms with van der Waals surface area (Å²) in [5.74, 6) is -0.187. The van der Waals surface area contributed by atoms with Gasteiger partial charge in [0.15, 0.2) is 5.78 Å². The Morgan fingerprint density at radius 3 is 3.09 bits per heavy atom. The number of aryl methyl sites for hydroxylation is 1. The fourth-order valence-corrected chi connectivity index (χ4v) is 0.810. The standard InChI is InChI=1S/C7H7N3O/c1-10-6(3-5-9-10)7(11)2-4-8/h3,5H,2H2,1H3. The summed E-state index contributed by atoms with van der Waals surface area (Å²) in [6, 6.07) is 3.39. The summed E-state index contributed by atoms with van der Waals surface area (Å²) in [7, 11) is 1.67. The monoisotopic (exact) mass is 149 g/mol. The number of nitriles is 1. The minimum atomic E-state index is -0.187. The molecule has 0 unspecified atom stereocenters. The highest BCUT2D eigenvalue weighted by Crippen LogP contribution is 1.99. The van der Waals surface area contributed by atoms with Crippen LogP contribution in [-0.2, 0) is 7.05 Å². The topological polar surface area (TPSA) is 58.7 Å². The molecule has 1 aromatic rings. The fourth-order valence-electron chi connectivity index (χ4n) is 0.810. The highest BCUT2D eigenvalue weighted by atomic mass is 16.1. The Bertz CT molecular complexity index is 308. The van der Waals surface area contributed by atoms with Gasteiger partial charge in [0.1, 0.15) is 12.1 Å². The van der Waals surface area contributed by atoms with Gasteiger partial charge in [0.05, 0.1) is 6.07 Å². The Morgan fingerprint density at radius 2 is 2.64 bits per heavy atom. The Hall–Kier alpha value is -1.63. The van der Waals surface area contributed by atoms with Gasteiger partial charge in [-0.25, -0.2) is 0 Å². The molecule has 0 aliphatic carbocycles. The van der Waals surface area contributed by atoms with Crippen molar-refractivity contribution in [3.05, 3.63) is 18.0 Å². The van der Waals surface area contributed by atoms with E-state index < -0.39 is 0 Å². The van der Waals surface area contributed by atoms with Crippen molar-refractivity contribution in [1.82, 2.24) is 9.78 Å². The average Bonchev–Trinajstić information content (AvgIpc) is 2.36. The van der Waals surface area contributed by atoms with E-state index in [0.29, 0.717) is 5.69 Å². The molecule has 1 heterocycles. The zero-order valence-corrected chi connectivity index (χ0v) is 6.11. The molecule has 11 heavy (non-hydrogen) atoms. The number of ketones is 1. The van der Waals surface area contributed by atoms with Gasteiger partial charge in [-0.3, -0.25) is 9.48 Å². The second kappa shape index (κ2) is 2.97. The molecule has 0 amide bonds. The molecule has 4 nitrogen and oxygen atoms in total. The van der Waals surface area contributed by atoms with Crippen molar-refractivity contribution in [3.8, 4) is 6.07 Å². The Kier molecular flexibility index (Phi) is 2.02. The van der Waals surface area contributed by atoms with Crippen LogP contribution >= 0.6 is 0 Å². The summed E-state index contributed by atoms with van der Waals surface area (Å²) in [6.45, 7) is 0. The zero-order valence-electron chi connectivity index (χ0n) is 6.11. The minimum absolute atomic E-state index is 0.0838. The molecule has 1 aromatic heterocycles. The van der Waals surface area contributed by atoms with Crippen molar-refractivity contribution in [2.24, 2.45) is 7.05 Å². The third-order valence-corrected chi connectivity index (χ3v) is 1.35. The van der Waals surface area contributed by atoms with E-state index in [1.165, 1.54) is 10.9 Å². The van der Waals surface area contributed by atoms with Crippen LogP contribution in [0.15, 0.2) is 12.3 Å². The maximum atomic E-state index is 11.0. The quantitative estimate of drug-likeness (QED) is 0.576. The summed E-state index contributed by atoms with van der Waals surface area (Å²) < 4.78 is 1.46. The molecule has 0 radical (unpaired) electrons. The number of aromatic nitrogens is 2. The van der Waals surface area contributed by atoms with Crippen LogP contribution in [0.1, 0.15) is 16.9 Å². The first kappa shape index (κ1) is 7.48. The molecule has 0 saturated heterocycles. The number of hydrogen-bond acceptors (Lipinski definition) is 3. The van der Waals surface area contributed by atoms with Crippen LogP contribution in [0.3, 0.4) is 0 Å². The summed E-state index contributed by atoms with van der Waals surface area (Å²) in [6.07, 6.45) is 1.45. The summed E-state index contributed by atoms with van der Waals surface area (Å²) in [5.41, 5.74) is 0.478. The van der Waals surface area contributed by atoms with Crippen molar-refractivity contribution in [2.75, 3.05) is 0 Å². The second-order valence-corrected chi connectivity index (χ2v) is 2.10. The van der Waals surface area contributed by atoms with E-state index in [2.05, 4.69) is 5.10 Å². The molecule has 0 N–H and O–H groups in total. The lowest BCUT2D eigenvalue weighted by atomic mass is 10.2. The van der Waals surface area contributed by atoms with Gasteiger partial charge >= 0.3 is 0 Å². The van der Waals surface area contributed by atoms with E-state index in [-0.39, 0.29) is 12.2 Å². The molecular formula is C7H7N3O. The maximum Gasteiger partial charge on any atom is 0.194 e. The predicted octanol–water partition coefficient (Wildman–Crippen LogP) is 0.516. The van der Waals surface area contributed by atoms with Gasteiger partial charge in [0.2, 0.25) is 0 Å². The van der Waals surface area contributed by atoms with E-state index in [0.717, 1.165) is 0 Å². The van der Waals surface area contributed by atoms with Gasteiger partial charge in [-0.15, -0.1) is 0 Å². The van der Waals surface area contributed by atoms with E-state index in [4.69, 9.17) is 5.26 Å². The van der Waals surface area contributed by atoms with Gasteiger partial charge < -0.3 is 0 Å². The predicted molar refractivity (Wildman–Crippen MR) is 37.8 cm³/mol. The van der Waals surface area contributed by atoms with E-state index in [9.17, 15) is 4.79 Å². The number of carbonyl (C=O) groups excluding carboxylic acids is 1. The van der Waals surface area contributed by atoms with E-state index >= 15 is 0 Å². The lowest BCUT2D eigenvalue weighted by Crippen LogP contribution is -2.05. The van der Waals surface area contributed by atoms with E-state index in [1.54, 1.807) is 19.2 Å². The van der Waals surface area contributed by atoms with Gasteiger partial charge in [-0.1, -0.05) is 0 Å². The Balaban J connectivity index is 2.86. The van der Waals surface area contributed by atoms with Crippen LogP contribution in [0.2, 0.25) is 0 Å². The van der Waals surface area contributed by atoms with Gasteiger partial charge in [-0.2, -0.15) is 10.4 Å². The molecular weight excluding hydrogens is 142 g/mol. The lowest BCUT2D eigenvalue weighted by Gasteiger charge is -1.94. The molecule has 0 atom stereocenters. The van der Waals surface area contributed by atoms with Crippen molar-refractivity contribution in [3.63, 3.8) is 0 Å². The Morgan fingerprint density at radius 1 is 1.91 bits per heavy atom. The SMILES string of the molecule is Cn1nccc1C(=O)CC#N. The molecule has 0 aliphatic rings. The van der Waals surface area contributed by atoms with Crippen LogP contribution in [0.4, 0.5) is 0 Å². The summed E-state index contributed by atoms with van der Waals surface area (Å²) in [4.78, 5) is 11.0. The van der Waals surface area contributed by atoms with Crippen molar-refractivity contribution in [2.45, 2.75) is 6.42 Å². The minimum Gasteiger partial charge on any atom is -0.291 e. The third-order valence-electron chi connectivity index (χ3n) is 1.35. The zero-order chi connectivity index (χ0) is 8.27. The number of rotatable bonds is 2. The van der Waals surface area contributed by atoms with Crippen LogP contribution in [0.5, 0.6) is 0 Å². The van der Waals surface area contributed by atoms with Gasteiger partial charge in [-0.05, 0) is 6.07 Å². The smallest absolute Gasteiger partial charge is 0.194 e. The van der Waals surface area contributed by atoms with Crippen molar-refractivity contribution < 1.29 is 4.79 Å². The molecule has 4 heteroatoms. The van der Waals surface area contributed by atoms with Crippen molar-refractivity contribution >= 4 is 5.78 Å². The summed E-state index contributed by atoms with van der Waals surface area (Å²) >= 11 is 0. The molecule has 1 rings (SSSR count). The highest BCUT2D eigenvalue weighted by Gasteiger charge is 2.07. The average molecular weight is 149 g/mol. The van der Waals surface area contributed by atoms with E-state index in [1.807, 2.05) is 0 Å². The largest absolute Gasteiger partial charge is 0.291 e. The van der Waals surface area contributed by atoms with Gasteiger partial charge in [0, 0.05) is 13.2 Å². The maximum absolute atomic E-state index is 11.0. The molecule has 0 aliphatic heterocycles. The van der Waals surface area contributed by atoms with Crippen LogP contribution in [0.25, 0.3) is 0 Å².